The number of carbonyl (C=O) groups is 1. The zero-order valence-electron chi connectivity index (χ0n) is 9.43. The molecule has 0 fully saturated rings. The van der Waals surface area contributed by atoms with Crippen LogP contribution >= 0.6 is 15.9 Å². The third kappa shape index (κ3) is 3.06. The van der Waals surface area contributed by atoms with E-state index in [9.17, 15) is 4.79 Å². The summed E-state index contributed by atoms with van der Waals surface area (Å²) < 4.78 is 6.17. The van der Waals surface area contributed by atoms with E-state index in [0.29, 0.717) is 5.56 Å². The summed E-state index contributed by atoms with van der Waals surface area (Å²) in [5.74, 6) is -0.252. The molecule has 0 aromatic heterocycles. The van der Waals surface area contributed by atoms with Gasteiger partial charge in [0.1, 0.15) is 0 Å². The van der Waals surface area contributed by atoms with Crippen molar-refractivity contribution in [1.29, 1.82) is 0 Å². The van der Waals surface area contributed by atoms with Crippen LogP contribution in [0.5, 0.6) is 0 Å². The van der Waals surface area contributed by atoms with Crippen LogP contribution in [0.15, 0.2) is 16.6 Å². The van der Waals surface area contributed by atoms with Gasteiger partial charge in [-0.1, -0.05) is 15.9 Å². The molecule has 0 aliphatic carbocycles. The molecule has 0 saturated carbocycles. The van der Waals surface area contributed by atoms with Crippen molar-refractivity contribution in [1.82, 2.24) is 0 Å². The fraction of sp³-hybridized carbons (Fsp3) is 0.417. The first-order valence-electron chi connectivity index (χ1n) is 4.89. The zero-order valence-corrected chi connectivity index (χ0v) is 11.0. The summed E-state index contributed by atoms with van der Waals surface area (Å²) in [5.41, 5.74) is 2.61. The van der Waals surface area contributed by atoms with E-state index in [0.717, 1.165) is 15.6 Å². The Kier molecular flexibility index (Phi) is 3.91. The summed E-state index contributed by atoms with van der Waals surface area (Å²) in [7, 11) is 0. The van der Waals surface area contributed by atoms with E-state index in [-0.39, 0.29) is 12.1 Å². The van der Waals surface area contributed by atoms with Crippen LogP contribution in [0.25, 0.3) is 0 Å². The molecule has 82 valence electrons. The Morgan fingerprint density at radius 2 is 1.87 bits per heavy atom. The van der Waals surface area contributed by atoms with E-state index < -0.39 is 0 Å². The molecule has 1 rings (SSSR count). The van der Waals surface area contributed by atoms with Crippen molar-refractivity contribution >= 4 is 21.9 Å². The first-order valence-corrected chi connectivity index (χ1v) is 5.69. The standard InChI is InChI=1S/C12H15BrO2/c1-7(2)15-12(14)10-5-9(4)11(13)6-8(10)3/h5-7H,1-4H3. The summed E-state index contributed by atoms with van der Waals surface area (Å²) in [6, 6.07) is 3.79. The van der Waals surface area contributed by atoms with Crippen LogP contribution in [0.4, 0.5) is 0 Å². The Labute approximate surface area is 98.8 Å². The molecule has 2 nitrogen and oxygen atoms in total. The highest BCUT2D eigenvalue weighted by Crippen LogP contribution is 2.21. The van der Waals surface area contributed by atoms with Gasteiger partial charge in [-0.15, -0.1) is 0 Å². The number of benzene rings is 1. The third-order valence-corrected chi connectivity index (χ3v) is 2.92. The van der Waals surface area contributed by atoms with E-state index in [4.69, 9.17) is 4.74 Å². The molecule has 15 heavy (non-hydrogen) atoms. The topological polar surface area (TPSA) is 26.3 Å². The quantitative estimate of drug-likeness (QED) is 0.768. The van der Waals surface area contributed by atoms with E-state index in [2.05, 4.69) is 15.9 Å². The minimum atomic E-state index is -0.252. The number of ether oxygens (including phenoxy) is 1. The van der Waals surface area contributed by atoms with Gasteiger partial charge in [0.25, 0.3) is 0 Å². The molecule has 0 bridgehead atoms. The summed E-state index contributed by atoms with van der Waals surface area (Å²) in [6.07, 6.45) is -0.0825. The fourth-order valence-corrected chi connectivity index (χ4v) is 1.74. The fourth-order valence-electron chi connectivity index (χ4n) is 1.28. The first-order chi connectivity index (χ1) is 6.91. The van der Waals surface area contributed by atoms with Crippen molar-refractivity contribution in [2.24, 2.45) is 0 Å². The van der Waals surface area contributed by atoms with Gasteiger partial charge in [-0.05, 0) is 51.0 Å². The molecule has 0 N–H and O–H groups in total. The molecule has 0 heterocycles. The van der Waals surface area contributed by atoms with Crippen LogP contribution in [0, 0.1) is 13.8 Å². The third-order valence-electron chi connectivity index (χ3n) is 2.07. The summed E-state index contributed by atoms with van der Waals surface area (Å²) in [6.45, 7) is 7.55. The molecule has 1 aromatic rings. The average Bonchev–Trinajstić information content (AvgIpc) is 2.09. The molecule has 0 aliphatic heterocycles. The molecule has 0 radical (unpaired) electrons. The lowest BCUT2D eigenvalue weighted by atomic mass is 10.1. The van der Waals surface area contributed by atoms with Gasteiger partial charge in [0.05, 0.1) is 11.7 Å². The number of esters is 1. The maximum absolute atomic E-state index is 11.7. The van der Waals surface area contributed by atoms with Crippen LogP contribution in [0.1, 0.15) is 35.3 Å². The van der Waals surface area contributed by atoms with Crippen LogP contribution in [-0.2, 0) is 4.74 Å². The molecule has 3 heteroatoms. The van der Waals surface area contributed by atoms with Gasteiger partial charge in [0.2, 0.25) is 0 Å². The SMILES string of the molecule is Cc1cc(C(=O)OC(C)C)c(C)cc1Br. The van der Waals surface area contributed by atoms with E-state index in [1.165, 1.54) is 0 Å². The van der Waals surface area contributed by atoms with Crippen LogP contribution in [-0.4, -0.2) is 12.1 Å². The van der Waals surface area contributed by atoms with Crippen molar-refractivity contribution in [2.75, 3.05) is 0 Å². The van der Waals surface area contributed by atoms with Crippen molar-refractivity contribution < 1.29 is 9.53 Å². The number of hydrogen-bond acceptors (Lipinski definition) is 2. The lowest BCUT2D eigenvalue weighted by Gasteiger charge is -2.11. The second-order valence-corrected chi connectivity index (χ2v) is 4.72. The van der Waals surface area contributed by atoms with Crippen LogP contribution < -0.4 is 0 Å². The molecule has 0 saturated heterocycles. The minimum Gasteiger partial charge on any atom is -0.459 e. The lowest BCUT2D eigenvalue weighted by Crippen LogP contribution is -2.13. The number of hydrogen-bond donors (Lipinski definition) is 0. The van der Waals surface area contributed by atoms with Crippen molar-refractivity contribution in [2.45, 2.75) is 33.8 Å². The Morgan fingerprint density at radius 3 is 2.40 bits per heavy atom. The molecule has 0 amide bonds. The van der Waals surface area contributed by atoms with Crippen LogP contribution in [0.3, 0.4) is 0 Å². The minimum absolute atomic E-state index is 0.0825. The number of rotatable bonds is 2. The molecule has 0 atom stereocenters. The smallest absolute Gasteiger partial charge is 0.338 e. The number of halogens is 1. The van der Waals surface area contributed by atoms with Gasteiger partial charge in [-0.25, -0.2) is 4.79 Å². The van der Waals surface area contributed by atoms with Gasteiger partial charge < -0.3 is 4.74 Å². The highest BCUT2D eigenvalue weighted by Gasteiger charge is 2.13. The largest absolute Gasteiger partial charge is 0.459 e. The molecule has 0 spiro atoms. The highest BCUT2D eigenvalue weighted by molar-refractivity contribution is 9.10. The monoisotopic (exact) mass is 270 g/mol. The Hall–Kier alpha value is -0.830. The van der Waals surface area contributed by atoms with E-state index >= 15 is 0 Å². The lowest BCUT2D eigenvalue weighted by molar-refractivity contribution is 0.0377. The average molecular weight is 271 g/mol. The van der Waals surface area contributed by atoms with Gasteiger partial charge >= 0.3 is 5.97 Å². The molecular formula is C12H15BrO2. The van der Waals surface area contributed by atoms with Gasteiger partial charge in [0.15, 0.2) is 0 Å². The summed E-state index contributed by atoms with van der Waals surface area (Å²) in [5, 5.41) is 0. The van der Waals surface area contributed by atoms with E-state index in [1.807, 2.05) is 39.8 Å². The predicted octanol–water partition coefficient (Wildman–Crippen LogP) is 3.63. The maximum Gasteiger partial charge on any atom is 0.338 e. The van der Waals surface area contributed by atoms with Crippen LogP contribution in [0.2, 0.25) is 0 Å². The molecule has 0 unspecified atom stereocenters. The highest BCUT2D eigenvalue weighted by atomic mass is 79.9. The Morgan fingerprint density at radius 1 is 1.27 bits per heavy atom. The number of carbonyl (C=O) groups excluding carboxylic acids is 1. The van der Waals surface area contributed by atoms with Gasteiger partial charge in [-0.2, -0.15) is 0 Å². The molecular weight excluding hydrogens is 256 g/mol. The second-order valence-electron chi connectivity index (χ2n) is 3.87. The van der Waals surface area contributed by atoms with Gasteiger partial charge in [0, 0.05) is 4.47 Å². The predicted molar refractivity (Wildman–Crippen MR) is 64.2 cm³/mol. The number of aryl methyl sites for hydroxylation is 2. The Balaban J connectivity index is 3.04. The summed E-state index contributed by atoms with van der Waals surface area (Å²) in [4.78, 5) is 11.7. The van der Waals surface area contributed by atoms with Crippen molar-refractivity contribution in [3.05, 3.63) is 33.3 Å². The first kappa shape index (κ1) is 12.2. The molecule has 1 aromatic carbocycles. The second kappa shape index (κ2) is 4.79. The van der Waals surface area contributed by atoms with E-state index in [1.54, 1.807) is 0 Å². The molecule has 0 aliphatic rings. The zero-order chi connectivity index (χ0) is 11.6. The normalized spacial score (nSPS) is 10.5. The van der Waals surface area contributed by atoms with Gasteiger partial charge in [-0.3, -0.25) is 0 Å². The summed E-state index contributed by atoms with van der Waals surface area (Å²) >= 11 is 3.43. The Bertz CT molecular complexity index is 383. The maximum atomic E-state index is 11.7. The van der Waals surface area contributed by atoms with Crippen molar-refractivity contribution in [3.63, 3.8) is 0 Å². The van der Waals surface area contributed by atoms with Crippen molar-refractivity contribution in [3.8, 4) is 0 Å².